The second-order valence-corrected chi connectivity index (χ2v) is 12.7. The van der Waals surface area contributed by atoms with Crippen LogP contribution in [0.3, 0.4) is 0 Å². The number of anilines is 1. The van der Waals surface area contributed by atoms with Crippen molar-refractivity contribution in [3.8, 4) is 0 Å². The third-order valence-electron chi connectivity index (χ3n) is 4.23. The van der Waals surface area contributed by atoms with Crippen molar-refractivity contribution < 1.29 is 9.22 Å². The first-order chi connectivity index (χ1) is 12.7. The number of aromatic nitrogens is 2. The molecule has 0 aliphatic rings. The van der Waals surface area contributed by atoms with E-state index in [0.29, 0.717) is 18.2 Å². The normalized spacial score (nSPS) is 11.8. The smallest absolute Gasteiger partial charge is 0.292 e. The van der Waals surface area contributed by atoms with Gasteiger partial charge in [-0.1, -0.05) is 0 Å². The van der Waals surface area contributed by atoms with Gasteiger partial charge in [-0.15, -0.1) is 23.2 Å². The number of rotatable bonds is 10. The van der Waals surface area contributed by atoms with Crippen LogP contribution in [0.4, 0.5) is 5.69 Å². The fourth-order valence-electron chi connectivity index (χ4n) is 3.02. The predicted molar refractivity (Wildman–Crippen MR) is 117 cm³/mol. The summed E-state index contributed by atoms with van der Waals surface area (Å²) in [6.07, 6.45) is 1.91. The first-order valence-electron chi connectivity index (χ1n) is 9.29. The molecule has 1 heterocycles. The maximum Gasteiger partial charge on any atom is 0.292 e. The van der Waals surface area contributed by atoms with Gasteiger partial charge in [-0.3, -0.25) is 4.79 Å². The van der Waals surface area contributed by atoms with E-state index in [1.54, 1.807) is 0 Å². The highest BCUT2D eigenvalue weighted by Gasteiger charge is 2.19. The molecular weight excluding hydrogens is 401 g/mol. The largest absolute Gasteiger partial charge is 0.520 e. The lowest BCUT2D eigenvalue weighted by molar-refractivity contribution is -0.135. The summed E-state index contributed by atoms with van der Waals surface area (Å²) in [5, 5.41) is 0. The number of hydrogen-bond acceptors (Lipinski definition) is 4. The zero-order chi connectivity index (χ0) is 20.0. The molecule has 150 valence electrons. The minimum atomic E-state index is -1.81. The zero-order valence-corrected chi connectivity index (χ0v) is 19.1. The predicted octanol–water partition coefficient (Wildman–Crippen LogP) is 4.56. The van der Waals surface area contributed by atoms with E-state index in [1.165, 1.54) is 0 Å². The van der Waals surface area contributed by atoms with Gasteiger partial charge in [0.1, 0.15) is 5.82 Å². The number of imidazole rings is 1. The molecule has 1 aromatic heterocycles. The molecule has 0 spiro atoms. The molecular formula is C19H29Cl2N3O2Si. The SMILES string of the molecule is Cn1c(CCCC(=O)O[Si](C)(C)C)nc2cc(N(CCCl)CCCl)ccc21. The lowest BCUT2D eigenvalue weighted by atomic mass is 10.2. The minimum absolute atomic E-state index is 0.104. The van der Waals surface area contributed by atoms with Crippen molar-refractivity contribution in [2.45, 2.75) is 38.9 Å². The van der Waals surface area contributed by atoms with Crippen molar-refractivity contribution >= 4 is 54.2 Å². The van der Waals surface area contributed by atoms with Gasteiger partial charge in [-0.05, 0) is 44.3 Å². The Morgan fingerprint density at radius 2 is 1.89 bits per heavy atom. The van der Waals surface area contributed by atoms with Crippen LogP contribution in [0.5, 0.6) is 0 Å². The standard InChI is InChI=1S/C19H29Cl2N3O2Si/c1-23-17-9-8-15(24(12-10-20)13-11-21)14-16(17)22-18(23)6-5-7-19(25)26-27(2,3)4/h8-9,14H,5-7,10-13H2,1-4H3. The Labute approximate surface area is 172 Å². The Kier molecular flexibility index (Phi) is 8.00. The van der Waals surface area contributed by atoms with Crippen LogP contribution in [-0.4, -0.2) is 48.7 Å². The van der Waals surface area contributed by atoms with Gasteiger partial charge in [0.2, 0.25) is 8.32 Å². The van der Waals surface area contributed by atoms with Crippen LogP contribution in [0.15, 0.2) is 18.2 Å². The maximum atomic E-state index is 11.9. The topological polar surface area (TPSA) is 47.4 Å². The number of carbonyl (C=O) groups excluding carboxylic acids is 1. The Balaban J connectivity index is 2.08. The highest BCUT2D eigenvalue weighted by atomic mass is 35.5. The highest BCUT2D eigenvalue weighted by Crippen LogP contribution is 2.23. The molecule has 0 unspecified atom stereocenters. The third kappa shape index (κ3) is 6.40. The van der Waals surface area contributed by atoms with Gasteiger partial charge in [-0.2, -0.15) is 0 Å². The number of hydrogen-bond donors (Lipinski definition) is 0. The Bertz CT molecular complexity index is 768. The molecule has 0 bridgehead atoms. The lowest BCUT2D eigenvalue weighted by Crippen LogP contribution is -2.29. The van der Waals surface area contributed by atoms with Crippen molar-refractivity contribution in [3.63, 3.8) is 0 Å². The van der Waals surface area contributed by atoms with Gasteiger partial charge < -0.3 is 13.9 Å². The van der Waals surface area contributed by atoms with Crippen molar-refractivity contribution in [3.05, 3.63) is 24.0 Å². The molecule has 0 fully saturated rings. The van der Waals surface area contributed by atoms with Crippen LogP contribution in [0.1, 0.15) is 18.7 Å². The summed E-state index contributed by atoms with van der Waals surface area (Å²) in [6, 6.07) is 6.24. The first-order valence-corrected chi connectivity index (χ1v) is 13.8. The van der Waals surface area contributed by atoms with E-state index in [0.717, 1.165) is 48.5 Å². The summed E-state index contributed by atoms with van der Waals surface area (Å²) in [7, 11) is 0.202. The van der Waals surface area contributed by atoms with Crippen molar-refractivity contribution in [2.75, 3.05) is 29.7 Å². The monoisotopic (exact) mass is 429 g/mol. The molecule has 0 amide bonds. The minimum Gasteiger partial charge on any atom is -0.520 e. The zero-order valence-electron chi connectivity index (χ0n) is 16.6. The van der Waals surface area contributed by atoms with Gasteiger partial charge in [0.15, 0.2) is 0 Å². The van der Waals surface area contributed by atoms with Gasteiger partial charge in [0, 0.05) is 50.4 Å². The Morgan fingerprint density at radius 3 is 2.48 bits per heavy atom. The molecule has 1 aromatic carbocycles. The fraction of sp³-hybridized carbons (Fsp3) is 0.579. The van der Waals surface area contributed by atoms with Crippen molar-refractivity contribution in [1.29, 1.82) is 0 Å². The average molecular weight is 430 g/mol. The highest BCUT2D eigenvalue weighted by molar-refractivity contribution is 6.71. The van der Waals surface area contributed by atoms with Crippen LogP contribution in [0.2, 0.25) is 19.6 Å². The summed E-state index contributed by atoms with van der Waals surface area (Å²) in [5.74, 6) is 1.98. The van der Waals surface area contributed by atoms with Crippen molar-refractivity contribution in [1.82, 2.24) is 9.55 Å². The van der Waals surface area contributed by atoms with Gasteiger partial charge in [0.05, 0.1) is 11.0 Å². The molecule has 0 atom stereocenters. The molecule has 0 N–H and O–H groups in total. The molecule has 2 aromatic rings. The van der Waals surface area contributed by atoms with Gasteiger partial charge in [-0.25, -0.2) is 4.98 Å². The quantitative estimate of drug-likeness (QED) is 0.410. The number of benzene rings is 1. The molecule has 0 radical (unpaired) electrons. The van der Waals surface area contributed by atoms with Crippen LogP contribution in [0.25, 0.3) is 11.0 Å². The molecule has 8 heteroatoms. The molecule has 27 heavy (non-hydrogen) atoms. The van der Waals surface area contributed by atoms with Gasteiger partial charge in [0.25, 0.3) is 5.97 Å². The number of aryl methyl sites for hydroxylation is 2. The molecule has 5 nitrogen and oxygen atoms in total. The van der Waals surface area contributed by atoms with Gasteiger partial charge >= 0.3 is 0 Å². The summed E-state index contributed by atoms with van der Waals surface area (Å²) >= 11 is 11.8. The van der Waals surface area contributed by atoms with E-state index in [1.807, 2.05) is 26.7 Å². The summed E-state index contributed by atoms with van der Waals surface area (Å²) in [5.41, 5.74) is 3.10. The summed E-state index contributed by atoms with van der Waals surface area (Å²) in [4.78, 5) is 18.8. The summed E-state index contributed by atoms with van der Waals surface area (Å²) < 4.78 is 7.59. The molecule has 2 rings (SSSR count). The Morgan fingerprint density at radius 1 is 1.22 bits per heavy atom. The van der Waals surface area contributed by atoms with E-state index in [-0.39, 0.29) is 5.97 Å². The second kappa shape index (κ2) is 9.80. The number of carbonyl (C=O) groups is 1. The number of fused-ring (bicyclic) bond motifs is 1. The first kappa shape index (κ1) is 22.1. The molecule has 0 aliphatic heterocycles. The van der Waals surface area contributed by atoms with Crippen molar-refractivity contribution in [2.24, 2.45) is 7.05 Å². The Hall–Kier alpha value is -1.24. The van der Waals surface area contributed by atoms with E-state index >= 15 is 0 Å². The third-order valence-corrected chi connectivity index (χ3v) is 5.41. The fourth-order valence-corrected chi connectivity index (χ4v) is 4.21. The van der Waals surface area contributed by atoms with Crippen LogP contribution in [0, 0.1) is 0 Å². The van der Waals surface area contributed by atoms with Crippen LogP contribution < -0.4 is 4.90 Å². The van der Waals surface area contributed by atoms with Crippen LogP contribution in [-0.2, 0) is 22.7 Å². The van der Waals surface area contributed by atoms with Crippen LogP contribution >= 0.6 is 23.2 Å². The number of halogens is 2. The molecule has 0 saturated heterocycles. The van der Waals surface area contributed by atoms with E-state index in [2.05, 4.69) is 27.7 Å². The number of nitrogens with zero attached hydrogens (tertiary/aromatic N) is 3. The second-order valence-electron chi connectivity index (χ2n) is 7.57. The maximum absolute atomic E-state index is 11.9. The summed E-state index contributed by atoms with van der Waals surface area (Å²) in [6.45, 7) is 7.56. The van der Waals surface area contributed by atoms with E-state index < -0.39 is 8.32 Å². The van der Waals surface area contributed by atoms with E-state index in [4.69, 9.17) is 32.6 Å². The average Bonchev–Trinajstić information content (AvgIpc) is 2.88. The number of alkyl halides is 2. The molecule has 0 aliphatic carbocycles. The molecule has 0 saturated carbocycles. The van der Waals surface area contributed by atoms with E-state index in [9.17, 15) is 4.79 Å². The lowest BCUT2D eigenvalue weighted by Gasteiger charge is -2.22.